The van der Waals surface area contributed by atoms with E-state index in [1.54, 1.807) is 11.3 Å². The van der Waals surface area contributed by atoms with Gasteiger partial charge in [0, 0.05) is 31.4 Å². The van der Waals surface area contributed by atoms with Crippen LogP contribution in [-0.4, -0.2) is 6.29 Å². The van der Waals surface area contributed by atoms with Gasteiger partial charge in [0.05, 0.1) is 0 Å². The molecular formula is C10H6BrClOS. The highest BCUT2D eigenvalue weighted by Crippen LogP contribution is 2.33. The van der Waals surface area contributed by atoms with E-state index in [1.807, 2.05) is 17.5 Å². The first kappa shape index (κ1) is 10.1. The predicted molar refractivity (Wildman–Crippen MR) is 64.9 cm³/mol. The van der Waals surface area contributed by atoms with E-state index in [0.717, 1.165) is 32.5 Å². The first-order valence-electron chi connectivity index (χ1n) is 3.97. The average molecular weight is 290 g/mol. The summed E-state index contributed by atoms with van der Waals surface area (Å²) in [5, 5.41) is 4.31. The molecule has 0 amide bonds. The van der Waals surface area contributed by atoms with Gasteiger partial charge in [-0.15, -0.1) is 11.3 Å². The lowest BCUT2D eigenvalue weighted by Gasteiger charge is -2.01. The van der Waals surface area contributed by atoms with Crippen LogP contribution in [0.2, 0.25) is 5.02 Å². The van der Waals surface area contributed by atoms with Crippen LogP contribution in [0.3, 0.4) is 0 Å². The number of rotatable bonds is 2. The molecule has 0 N–H and O–H groups in total. The van der Waals surface area contributed by atoms with Gasteiger partial charge in [-0.25, -0.2) is 0 Å². The number of fused-ring (bicyclic) bond motifs is 1. The molecule has 0 aliphatic carbocycles. The molecule has 72 valence electrons. The van der Waals surface area contributed by atoms with Gasteiger partial charge in [-0.1, -0.05) is 33.6 Å². The van der Waals surface area contributed by atoms with Gasteiger partial charge >= 0.3 is 0 Å². The second kappa shape index (κ2) is 4.01. The van der Waals surface area contributed by atoms with E-state index >= 15 is 0 Å². The maximum Gasteiger partial charge on any atom is 0.151 e. The fourth-order valence-electron chi connectivity index (χ4n) is 1.37. The number of carbonyl (C=O) groups excluding carboxylic acids is 1. The van der Waals surface area contributed by atoms with Crippen LogP contribution in [0.25, 0.3) is 10.1 Å². The number of thiophene rings is 1. The van der Waals surface area contributed by atoms with Gasteiger partial charge in [-0.05, 0) is 11.6 Å². The number of hydrogen-bond donors (Lipinski definition) is 0. The van der Waals surface area contributed by atoms with Crippen molar-refractivity contribution in [2.75, 3.05) is 0 Å². The van der Waals surface area contributed by atoms with Crippen LogP contribution in [0.15, 0.2) is 17.5 Å². The monoisotopic (exact) mass is 288 g/mol. The number of alkyl halides is 1. The highest BCUT2D eigenvalue weighted by molar-refractivity contribution is 9.08. The lowest BCUT2D eigenvalue weighted by molar-refractivity contribution is 0.112. The standard InChI is InChI=1S/C10H6BrClOS/c11-3-8-9(12)2-1-7-6(4-13)5-14-10(7)8/h1-2,4-5H,3H2. The Labute approximate surface area is 98.8 Å². The molecule has 0 bridgehead atoms. The summed E-state index contributed by atoms with van der Waals surface area (Å²) in [4.78, 5) is 10.7. The van der Waals surface area contributed by atoms with E-state index in [-0.39, 0.29) is 0 Å². The number of aldehydes is 1. The van der Waals surface area contributed by atoms with E-state index in [4.69, 9.17) is 11.6 Å². The van der Waals surface area contributed by atoms with Crippen molar-refractivity contribution in [3.05, 3.63) is 33.7 Å². The number of hydrogen-bond acceptors (Lipinski definition) is 2. The van der Waals surface area contributed by atoms with Crippen molar-refractivity contribution in [3.8, 4) is 0 Å². The summed E-state index contributed by atoms with van der Waals surface area (Å²) in [5.41, 5.74) is 1.80. The van der Waals surface area contributed by atoms with Crippen molar-refractivity contribution in [2.24, 2.45) is 0 Å². The van der Waals surface area contributed by atoms with E-state index in [9.17, 15) is 4.79 Å². The molecule has 0 saturated carbocycles. The molecule has 0 spiro atoms. The van der Waals surface area contributed by atoms with E-state index < -0.39 is 0 Å². The molecule has 0 unspecified atom stereocenters. The third kappa shape index (κ3) is 1.49. The molecule has 2 aromatic rings. The Balaban J connectivity index is 2.83. The van der Waals surface area contributed by atoms with Crippen molar-refractivity contribution in [3.63, 3.8) is 0 Å². The Morgan fingerprint density at radius 3 is 2.93 bits per heavy atom. The molecule has 0 aliphatic rings. The van der Waals surface area contributed by atoms with Gasteiger partial charge in [-0.2, -0.15) is 0 Å². The van der Waals surface area contributed by atoms with Gasteiger partial charge in [0.2, 0.25) is 0 Å². The van der Waals surface area contributed by atoms with Gasteiger partial charge in [0.25, 0.3) is 0 Å². The summed E-state index contributed by atoms with van der Waals surface area (Å²) in [6.45, 7) is 0. The molecule has 1 aromatic carbocycles. The Morgan fingerprint density at radius 2 is 2.29 bits per heavy atom. The van der Waals surface area contributed by atoms with Gasteiger partial charge in [0.1, 0.15) is 0 Å². The van der Waals surface area contributed by atoms with Crippen molar-refractivity contribution in [1.29, 1.82) is 0 Å². The van der Waals surface area contributed by atoms with Crippen LogP contribution >= 0.6 is 38.9 Å². The molecule has 0 atom stereocenters. The van der Waals surface area contributed by atoms with Crippen molar-refractivity contribution < 1.29 is 4.79 Å². The molecule has 4 heteroatoms. The first-order valence-corrected chi connectivity index (χ1v) is 6.35. The Hall–Kier alpha value is -0.380. The minimum absolute atomic E-state index is 0.710. The first-order chi connectivity index (χ1) is 6.77. The Kier molecular flexibility index (Phi) is 2.91. The van der Waals surface area contributed by atoms with Gasteiger partial charge < -0.3 is 0 Å². The summed E-state index contributed by atoms with van der Waals surface area (Å²) >= 11 is 11.0. The molecule has 0 fully saturated rings. The maximum atomic E-state index is 10.7. The molecule has 2 rings (SSSR count). The zero-order valence-electron chi connectivity index (χ0n) is 7.09. The van der Waals surface area contributed by atoms with Crippen molar-refractivity contribution in [1.82, 2.24) is 0 Å². The minimum Gasteiger partial charge on any atom is -0.298 e. The highest BCUT2D eigenvalue weighted by Gasteiger charge is 2.09. The summed E-state index contributed by atoms with van der Waals surface area (Å²) in [6.07, 6.45) is 0.880. The lowest BCUT2D eigenvalue weighted by atomic mass is 10.1. The van der Waals surface area contributed by atoms with Crippen LogP contribution in [0.5, 0.6) is 0 Å². The third-order valence-electron chi connectivity index (χ3n) is 2.08. The molecule has 14 heavy (non-hydrogen) atoms. The lowest BCUT2D eigenvalue weighted by Crippen LogP contribution is -1.81. The molecule has 1 nitrogen and oxygen atoms in total. The highest BCUT2D eigenvalue weighted by atomic mass is 79.9. The summed E-state index contributed by atoms with van der Waals surface area (Å²) in [5.74, 6) is 0. The Bertz CT molecular complexity index is 492. The molecular weight excluding hydrogens is 284 g/mol. The summed E-state index contributed by atoms with van der Waals surface area (Å²) in [6, 6.07) is 3.73. The zero-order valence-corrected chi connectivity index (χ0v) is 10.2. The van der Waals surface area contributed by atoms with Gasteiger partial charge in [0.15, 0.2) is 6.29 Å². The van der Waals surface area contributed by atoms with Crippen LogP contribution in [0.1, 0.15) is 15.9 Å². The SMILES string of the molecule is O=Cc1csc2c(CBr)c(Cl)ccc12. The predicted octanol–water partition coefficient (Wildman–Crippen LogP) is 4.26. The zero-order chi connectivity index (χ0) is 10.1. The molecule has 0 radical (unpaired) electrons. The van der Waals surface area contributed by atoms with Crippen LogP contribution in [0.4, 0.5) is 0 Å². The third-order valence-corrected chi connectivity index (χ3v) is 4.07. The smallest absolute Gasteiger partial charge is 0.151 e. The average Bonchev–Trinajstić information content (AvgIpc) is 2.60. The van der Waals surface area contributed by atoms with Crippen LogP contribution < -0.4 is 0 Å². The molecule has 1 heterocycles. The number of benzene rings is 1. The van der Waals surface area contributed by atoms with Crippen LogP contribution in [0, 0.1) is 0 Å². The van der Waals surface area contributed by atoms with Crippen molar-refractivity contribution in [2.45, 2.75) is 5.33 Å². The largest absolute Gasteiger partial charge is 0.298 e. The van der Waals surface area contributed by atoms with Crippen LogP contribution in [-0.2, 0) is 5.33 Å². The second-order valence-corrected chi connectivity index (χ2v) is 4.69. The summed E-state index contributed by atoms with van der Waals surface area (Å²) in [7, 11) is 0. The van der Waals surface area contributed by atoms with E-state index in [0.29, 0.717) is 5.33 Å². The fourth-order valence-corrected chi connectivity index (χ4v) is 3.64. The van der Waals surface area contributed by atoms with Crippen molar-refractivity contribution >= 4 is 55.2 Å². The maximum absolute atomic E-state index is 10.7. The number of carbonyl (C=O) groups is 1. The second-order valence-electron chi connectivity index (χ2n) is 2.85. The topological polar surface area (TPSA) is 17.1 Å². The normalized spacial score (nSPS) is 10.7. The number of halogens is 2. The van der Waals surface area contributed by atoms with E-state index in [2.05, 4.69) is 15.9 Å². The Morgan fingerprint density at radius 1 is 1.50 bits per heavy atom. The van der Waals surface area contributed by atoms with E-state index in [1.165, 1.54) is 0 Å². The molecule has 0 aliphatic heterocycles. The molecule has 0 saturated heterocycles. The summed E-state index contributed by atoms with van der Waals surface area (Å²) < 4.78 is 1.09. The van der Waals surface area contributed by atoms with Gasteiger partial charge in [-0.3, -0.25) is 4.79 Å². The minimum atomic E-state index is 0.710. The molecule has 1 aromatic heterocycles. The fraction of sp³-hybridized carbons (Fsp3) is 0.100. The quantitative estimate of drug-likeness (QED) is 0.596.